The fraction of sp³-hybridized carbons (Fsp3) is 0.529. The first-order valence-corrected chi connectivity index (χ1v) is 8.51. The summed E-state index contributed by atoms with van der Waals surface area (Å²) < 4.78 is 0. The van der Waals surface area contributed by atoms with Crippen LogP contribution in [-0.4, -0.2) is 18.5 Å². The lowest BCUT2D eigenvalue weighted by Crippen LogP contribution is -2.38. The van der Waals surface area contributed by atoms with Crippen molar-refractivity contribution < 1.29 is 9.59 Å². The maximum absolute atomic E-state index is 12.2. The Hall–Kier alpha value is -1.75. The van der Waals surface area contributed by atoms with E-state index < -0.39 is 12.1 Å². The minimum Gasteiger partial charge on any atom is -0.356 e. The van der Waals surface area contributed by atoms with Gasteiger partial charge in [0, 0.05) is 11.6 Å². The molecule has 0 aromatic heterocycles. The van der Waals surface area contributed by atoms with E-state index in [0.29, 0.717) is 23.0 Å². The number of nitrogens with one attached hydrogen (secondary N) is 2. The zero-order valence-corrected chi connectivity index (χ0v) is 13.9. The van der Waals surface area contributed by atoms with Gasteiger partial charge in [-0.2, -0.15) is 0 Å². The van der Waals surface area contributed by atoms with Gasteiger partial charge in [-0.1, -0.05) is 49.1 Å². The summed E-state index contributed by atoms with van der Waals surface area (Å²) in [4.78, 5) is 23.4. The normalized spacial score (nSPS) is 16.6. The lowest BCUT2D eigenvalue weighted by Gasteiger charge is -2.23. The molecule has 3 amide bonds. The Morgan fingerprint density at radius 1 is 1.22 bits per heavy atom. The minimum atomic E-state index is -0.671. The summed E-state index contributed by atoms with van der Waals surface area (Å²) in [7, 11) is 0. The third-order valence-electron chi connectivity index (χ3n) is 4.30. The van der Waals surface area contributed by atoms with E-state index in [1.54, 1.807) is 18.2 Å². The first-order chi connectivity index (χ1) is 11.1. The monoisotopic (exact) mass is 337 g/mol. The summed E-state index contributed by atoms with van der Waals surface area (Å²) >= 11 is 6.16. The molecule has 1 fully saturated rings. The Morgan fingerprint density at radius 3 is 2.57 bits per heavy atom. The van der Waals surface area contributed by atoms with Crippen molar-refractivity contribution >= 4 is 23.5 Å². The lowest BCUT2D eigenvalue weighted by atomic mass is 9.89. The van der Waals surface area contributed by atoms with Crippen LogP contribution in [0.25, 0.3) is 0 Å². The molecule has 1 atom stereocenters. The number of amides is 3. The minimum absolute atomic E-state index is 0.103. The predicted molar refractivity (Wildman–Crippen MR) is 91.1 cm³/mol. The molecule has 6 heteroatoms. The lowest BCUT2D eigenvalue weighted by molar-refractivity contribution is -0.121. The molecule has 0 saturated heterocycles. The second-order valence-electron chi connectivity index (χ2n) is 6.09. The number of carbonyl (C=O) groups is 2. The molecule has 126 valence electrons. The number of hydrogen-bond donors (Lipinski definition) is 3. The summed E-state index contributed by atoms with van der Waals surface area (Å²) in [5.74, 6) is 0.463. The van der Waals surface area contributed by atoms with Crippen LogP contribution in [0.1, 0.15) is 50.1 Å². The molecule has 1 aliphatic carbocycles. The number of nitrogens with two attached hydrogens (primary N) is 1. The molecular weight excluding hydrogens is 314 g/mol. The molecular formula is C17H24ClN3O2. The van der Waals surface area contributed by atoms with E-state index in [9.17, 15) is 9.59 Å². The summed E-state index contributed by atoms with van der Waals surface area (Å²) in [5, 5.41) is 6.08. The van der Waals surface area contributed by atoms with Gasteiger partial charge in [0.25, 0.3) is 0 Å². The van der Waals surface area contributed by atoms with Crippen molar-refractivity contribution in [2.24, 2.45) is 11.7 Å². The van der Waals surface area contributed by atoms with Crippen LogP contribution in [0.4, 0.5) is 4.79 Å². The van der Waals surface area contributed by atoms with E-state index in [-0.39, 0.29) is 12.3 Å². The highest BCUT2D eigenvalue weighted by molar-refractivity contribution is 6.31. The molecule has 2 rings (SSSR count). The van der Waals surface area contributed by atoms with Crippen LogP contribution in [0, 0.1) is 5.92 Å². The van der Waals surface area contributed by atoms with E-state index in [1.807, 2.05) is 6.07 Å². The zero-order valence-electron chi connectivity index (χ0n) is 13.2. The number of primary amides is 1. The van der Waals surface area contributed by atoms with Gasteiger partial charge in [-0.25, -0.2) is 4.79 Å². The van der Waals surface area contributed by atoms with E-state index >= 15 is 0 Å². The molecule has 1 aromatic rings. The Kier molecular flexibility index (Phi) is 6.71. The average molecular weight is 338 g/mol. The Balaban J connectivity index is 1.93. The maximum Gasteiger partial charge on any atom is 0.312 e. The van der Waals surface area contributed by atoms with Crippen LogP contribution >= 0.6 is 11.6 Å². The van der Waals surface area contributed by atoms with Crippen molar-refractivity contribution in [3.8, 4) is 0 Å². The van der Waals surface area contributed by atoms with Crippen LogP contribution in [0.3, 0.4) is 0 Å². The van der Waals surface area contributed by atoms with Crippen molar-refractivity contribution in [1.82, 2.24) is 10.6 Å². The van der Waals surface area contributed by atoms with Gasteiger partial charge in [-0.05, 0) is 30.4 Å². The molecule has 1 aliphatic rings. The van der Waals surface area contributed by atoms with Crippen molar-refractivity contribution in [2.45, 2.75) is 44.6 Å². The van der Waals surface area contributed by atoms with E-state index in [1.165, 1.54) is 32.1 Å². The number of hydrogen-bond acceptors (Lipinski definition) is 2. The molecule has 23 heavy (non-hydrogen) atoms. The number of carbonyl (C=O) groups excluding carboxylic acids is 2. The van der Waals surface area contributed by atoms with Crippen molar-refractivity contribution in [1.29, 1.82) is 0 Å². The second kappa shape index (κ2) is 8.77. The topological polar surface area (TPSA) is 84.2 Å². The van der Waals surface area contributed by atoms with Gasteiger partial charge in [0.15, 0.2) is 0 Å². The van der Waals surface area contributed by atoms with Crippen molar-refractivity contribution in [3.05, 3.63) is 34.9 Å². The van der Waals surface area contributed by atoms with Gasteiger partial charge in [0.2, 0.25) is 5.91 Å². The summed E-state index contributed by atoms with van der Waals surface area (Å²) in [6.45, 7) is 0.699. The summed E-state index contributed by atoms with van der Waals surface area (Å²) in [5.41, 5.74) is 5.92. The molecule has 0 heterocycles. The fourth-order valence-corrected chi connectivity index (χ4v) is 3.34. The van der Waals surface area contributed by atoms with Crippen LogP contribution in [0.5, 0.6) is 0 Å². The molecule has 5 nitrogen and oxygen atoms in total. The fourth-order valence-electron chi connectivity index (χ4n) is 3.08. The van der Waals surface area contributed by atoms with Gasteiger partial charge in [0.1, 0.15) is 0 Å². The second-order valence-corrected chi connectivity index (χ2v) is 6.50. The van der Waals surface area contributed by atoms with E-state index in [2.05, 4.69) is 10.6 Å². The van der Waals surface area contributed by atoms with Gasteiger partial charge in [0.05, 0.1) is 12.5 Å². The van der Waals surface area contributed by atoms with Crippen molar-refractivity contribution in [2.75, 3.05) is 6.54 Å². The molecule has 0 bridgehead atoms. The van der Waals surface area contributed by atoms with E-state index in [4.69, 9.17) is 17.3 Å². The first-order valence-electron chi connectivity index (χ1n) is 8.13. The summed E-state index contributed by atoms with van der Waals surface area (Å²) in [6, 6.07) is 5.94. The quantitative estimate of drug-likeness (QED) is 0.745. The Labute approximate surface area is 142 Å². The van der Waals surface area contributed by atoms with Crippen LogP contribution in [-0.2, 0) is 4.79 Å². The molecule has 0 unspecified atom stereocenters. The number of rotatable bonds is 6. The highest BCUT2D eigenvalue weighted by atomic mass is 35.5. The molecule has 0 aliphatic heterocycles. The van der Waals surface area contributed by atoms with Crippen molar-refractivity contribution in [3.63, 3.8) is 0 Å². The number of urea groups is 1. The largest absolute Gasteiger partial charge is 0.356 e. The van der Waals surface area contributed by atoms with Gasteiger partial charge in [-0.15, -0.1) is 0 Å². The molecule has 1 aromatic carbocycles. The van der Waals surface area contributed by atoms with Gasteiger partial charge in [-0.3, -0.25) is 4.79 Å². The Bertz CT molecular complexity index is 544. The smallest absolute Gasteiger partial charge is 0.312 e. The van der Waals surface area contributed by atoms with Crippen LogP contribution in [0.15, 0.2) is 24.3 Å². The highest BCUT2D eigenvalue weighted by Crippen LogP contribution is 2.25. The predicted octanol–water partition coefficient (Wildman–Crippen LogP) is 3.14. The van der Waals surface area contributed by atoms with Crippen LogP contribution < -0.4 is 16.4 Å². The zero-order chi connectivity index (χ0) is 16.7. The van der Waals surface area contributed by atoms with E-state index in [0.717, 1.165) is 0 Å². The Morgan fingerprint density at radius 2 is 1.91 bits per heavy atom. The summed E-state index contributed by atoms with van der Waals surface area (Å²) in [6.07, 6.45) is 6.25. The standard InChI is InChI=1S/C17H24ClN3O2/c18-14-9-5-4-8-13(14)15(21-17(19)23)10-16(22)20-11-12-6-2-1-3-7-12/h4-5,8-9,12,15H,1-3,6-7,10-11H2,(H,20,22)(H3,19,21,23)/t15-/m1/s1. The van der Waals surface area contributed by atoms with Gasteiger partial charge < -0.3 is 16.4 Å². The number of benzene rings is 1. The van der Waals surface area contributed by atoms with Gasteiger partial charge >= 0.3 is 6.03 Å². The molecule has 0 spiro atoms. The third kappa shape index (κ3) is 5.75. The highest BCUT2D eigenvalue weighted by Gasteiger charge is 2.20. The molecule has 4 N–H and O–H groups in total. The average Bonchev–Trinajstić information content (AvgIpc) is 2.53. The molecule has 0 radical (unpaired) electrons. The first kappa shape index (κ1) is 17.6. The third-order valence-corrected chi connectivity index (χ3v) is 4.64. The maximum atomic E-state index is 12.2. The number of halogens is 1. The molecule has 1 saturated carbocycles. The SMILES string of the molecule is NC(=O)N[C@H](CC(=O)NCC1CCCCC1)c1ccccc1Cl. The van der Waals surface area contributed by atoms with Crippen LogP contribution in [0.2, 0.25) is 5.02 Å².